The molecule has 16 heavy (non-hydrogen) atoms. The van der Waals surface area contributed by atoms with Gasteiger partial charge in [0.25, 0.3) is 0 Å². The maximum atomic E-state index is 10.9. The first-order valence-electron chi connectivity index (χ1n) is 5.49. The smallest absolute Gasteiger partial charge is 0.332 e. The van der Waals surface area contributed by atoms with E-state index in [4.69, 9.17) is 9.47 Å². The summed E-state index contributed by atoms with van der Waals surface area (Å²) in [5, 5.41) is 9.55. The number of carbonyl (C=O) groups is 1. The van der Waals surface area contributed by atoms with Crippen LogP contribution in [0.2, 0.25) is 0 Å². The zero-order valence-corrected chi connectivity index (χ0v) is 10.7. The summed E-state index contributed by atoms with van der Waals surface area (Å²) in [6, 6.07) is 0. The maximum absolute atomic E-state index is 10.9. The molecule has 0 heterocycles. The Morgan fingerprint density at radius 1 is 1.44 bits per heavy atom. The fourth-order valence-corrected chi connectivity index (χ4v) is 1.32. The van der Waals surface area contributed by atoms with Crippen molar-refractivity contribution in [3.05, 3.63) is 0 Å². The van der Waals surface area contributed by atoms with Gasteiger partial charge in [-0.2, -0.15) is 0 Å². The normalized spacial score (nSPS) is 11.9. The van der Waals surface area contributed by atoms with Gasteiger partial charge in [-0.1, -0.05) is 0 Å². The number of hydrogen-bond acceptors (Lipinski definition) is 5. The lowest BCUT2D eigenvalue weighted by molar-refractivity contribution is -0.148. The van der Waals surface area contributed by atoms with E-state index in [1.807, 2.05) is 11.9 Å². The highest BCUT2D eigenvalue weighted by atomic mass is 16.6. The Kier molecular flexibility index (Phi) is 7.29. The fourth-order valence-electron chi connectivity index (χ4n) is 1.32. The molecule has 0 aromatic rings. The van der Waals surface area contributed by atoms with Crippen LogP contribution in [0.3, 0.4) is 0 Å². The van der Waals surface area contributed by atoms with Crippen molar-refractivity contribution in [2.75, 3.05) is 40.0 Å². The van der Waals surface area contributed by atoms with Crippen molar-refractivity contribution in [1.29, 1.82) is 0 Å². The molecule has 0 fully saturated rings. The van der Waals surface area contributed by atoms with Crippen molar-refractivity contribution in [3.63, 3.8) is 0 Å². The molecule has 0 bridgehead atoms. The van der Waals surface area contributed by atoms with Crippen molar-refractivity contribution in [3.8, 4) is 0 Å². The number of aliphatic hydroxyl groups is 1. The third kappa shape index (κ3) is 9.89. The summed E-state index contributed by atoms with van der Waals surface area (Å²) in [6.45, 7) is 7.32. The van der Waals surface area contributed by atoms with Crippen LogP contribution in [0, 0.1) is 0 Å². The second kappa shape index (κ2) is 7.60. The highest BCUT2D eigenvalue weighted by molar-refractivity contribution is 5.70. The molecule has 5 heteroatoms. The summed E-state index contributed by atoms with van der Waals surface area (Å²) in [6.07, 6.45) is 0. The van der Waals surface area contributed by atoms with Crippen LogP contribution in [-0.4, -0.2) is 61.5 Å². The van der Waals surface area contributed by atoms with E-state index in [0.29, 0.717) is 26.3 Å². The van der Waals surface area contributed by atoms with Gasteiger partial charge in [-0.15, -0.1) is 0 Å². The first-order valence-corrected chi connectivity index (χ1v) is 5.49. The van der Waals surface area contributed by atoms with Crippen molar-refractivity contribution in [2.24, 2.45) is 0 Å². The van der Waals surface area contributed by atoms with Gasteiger partial charge in [-0.3, -0.25) is 0 Å². The van der Waals surface area contributed by atoms with Crippen LogP contribution in [0.4, 0.5) is 0 Å². The number of nitrogens with zero attached hydrogens (tertiary/aromatic N) is 1. The average molecular weight is 233 g/mol. The van der Waals surface area contributed by atoms with Gasteiger partial charge in [-0.25, -0.2) is 4.79 Å². The number of esters is 1. The van der Waals surface area contributed by atoms with Crippen LogP contribution in [-0.2, 0) is 14.3 Å². The van der Waals surface area contributed by atoms with Crippen molar-refractivity contribution in [2.45, 2.75) is 26.4 Å². The average Bonchev–Trinajstić information content (AvgIpc) is 2.10. The van der Waals surface area contributed by atoms with E-state index in [1.165, 1.54) is 0 Å². The van der Waals surface area contributed by atoms with Gasteiger partial charge >= 0.3 is 5.97 Å². The van der Waals surface area contributed by atoms with Crippen LogP contribution < -0.4 is 0 Å². The minimum Gasteiger partial charge on any atom is -0.464 e. The third-order valence-corrected chi connectivity index (χ3v) is 1.80. The first kappa shape index (κ1) is 15.3. The Morgan fingerprint density at radius 3 is 2.56 bits per heavy atom. The summed E-state index contributed by atoms with van der Waals surface area (Å²) in [5.41, 5.74) is -0.712. The summed E-state index contributed by atoms with van der Waals surface area (Å²) >= 11 is 0. The summed E-state index contributed by atoms with van der Waals surface area (Å²) < 4.78 is 9.85. The predicted molar refractivity (Wildman–Crippen MR) is 61.2 cm³/mol. The molecule has 0 rings (SSSR count). The quantitative estimate of drug-likeness (QED) is 0.481. The lowest BCUT2D eigenvalue weighted by atomic mass is 10.1. The molecule has 0 aliphatic heterocycles. The highest BCUT2D eigenvalue weighted by Crippen LogP contribution is 2.02. The molecular weight excluding hydrogens is 210 g/mol. The molecule has 1 N–H and O–H groups in total. The molecule has 0 spiro atoms. The minimum atomic E-state index is -0.712. The van der Waals surface area contributed by atoms with Gasteiger partial charge in [0.2, 0.25) is 0 Å². The van der Waals surface area contributed by atoms with Gasteiger partial charge in [-0.05, 0) is 27.8 Å². The largest absolute Gasteiger partial charge is 0.464 e. The lowest BCUT2D eigenvalue weighted by Crippen LogP contribution is -2.38. The number of hydrogen-bond donors (Lipinski definition) is 1. The zero-order chi connectivity index (χ0) is 12.6. The molecule has 0 unspecified atom stereocenters. The SMILES string of the molecule is CCOC(=O)COCCN(C)CC(C)(C)O. The van der Waals surface area contributed by atoms with Crippen molar-refractivity contribution < 1.29 is 19.4 Å². The fraction of sp³-hybridized carbons (Fsp3) is 0.909. The monoisotopic (exact) mass is 233 g/mol. The Bertz CT molecular complexity index is 201. The van der Waals surface area contributed by atoms with Gasteiger partial charge < -0.3 is 19.5 Å². The summed E-state index contributed by atoms with van der Waals surface area (Å²) in [4.78, 5) is 12.9. The molecule has 0 aliphatic carbocycles. The standard InChI is InChI=1S/C11H23NO4/c1-5-16-10(13)8-15-7-6-12(4)9-11(2,3)14/h14H,5-9H2,1-4H3. The molecule has 0 aromatic carbocycles. The van der Waals surface area contributed by atoms with Crippen molar-refractivity contribution in [1.82, 2.24) is 4.90 Å². The topological polar surface area (TPSA) is 59.0 Å². The van der Waals surface area contributed by atoms with Crippen LogP contribution in [0.25, 0.3) is 0 Å². The Balaban J connectivity index is 3.48. The summed E-state index contributed by atoms with van der Waals surface area (Å²) in [7, 11) is 1.89. The van der Waals surface area contributed by atoms with Crippen molar-refractivity contribution >= 4 is 5.97 Å². The molecule has 0 saturated heterocycles. The lowest BCUT2D eigenvalue weighted by Gasteiger charge is -2.25. The first-order chi connectivity index (χ1) is 7.35. The third-order valence-electron chi connectivity index (χ3n) is 1.80. The molecular formula is C11H23NO4. The molecule has 0 aromatic heterocycles. The number of rotatable bonds is 8. The van der Waals surface area contributed by atoms with Gasteiger partial charge in [0.15, 0.2) is 0 Å². The van der Waals surface area contributed by atoms with Crippen LogP contribution >= 0.6 is 0 Å². The van der Waals surface area contributed by atoms with Crippen LogP contribution in [0.5, 0.6) is 0 Å². The second-order valence-electron chi connectivity index (χ2n) is 4.41. The molecule has 0 saturated carbocycles. The molecule has 5 nitrogen and oxygen atoms in total. The molecule has 0 amide bonds. The van der Waals surface area contributed by atoms with E-state index >= 15 is 0 Å². The minimum absolute atomic E-state index is 0.00972. The van der Waals surface area contributed by atoms with E-state index in [1.54, 1.807) is 20.8 Å². The highest BCUT2D eigenvalue weighted by Gasteiger charge is 2.15. The van der Waals surface area contributed by atoms with Crippen LogP contribution in [0.15, 0.2) is 0 Å². The van der Waals surface area contributed by atoms with E-state index in [2.05, 4.69) is 0 Å². The summed E-state index contributed by atoms with van der Waals surface area (Å²) in [5.74, 6) is -0.340. The zero-order valence-electron chi connectivity index (χ0n) is 10.7. The number of carbonyl (C=O) groups excluding carboxylic acids is 1. The Morgan fingerprint density at radius 2 is 2.06 bits per heavy atom. The molecule has 0 atom stereocenters. The van der Waals surface area contributed by atoms with E-state index in [0.717, 1.165) is 0 Å². The van der Waals surface area contributed by atoms with E-state index in [-0.39, 0.29) is 12.6 Å². The van der Waals surface area contributed by atoms with Gasteiger partial charge in [0.05, 0.1) is 18.8 Å². The Labute approximate surface area is 97.3 Å². The van der Waals surface area contributed by atoms with Gasteiger partial charge in [0, 0.05) is 13.1 Å². The predicted octanol–water partition coefficient (Wildman–Crippen LogP) is 0.269. The van der Waals surface area contributed by atoms with E-state index in [9.17, 15) is 9.90 Å². The maximum Gasteiger partial charge on any atom is 0.332 e. The molecule has 96 valence electrons. The van der Waals surface area contributed by atoms with Crippen LogP contribution in [0.1, 0.15) is 20.8 Å². The van der Waals surface area contributed by atoms with Gasteiger partial charge in [0.1, 0.15) is 6.61 Å². The Hall–Kier alpha value is -0.650. The molecule has 0 aliphatic rings. The number of likely N-dealkylation sites (N-methyl/N-ethyl adjacent to an activating group) is 1. The van der Waals surface area contributed by atoms with E-state index < -0.39 is 5.60 Å². The molecule has 0 radical (unpaired) electrons. The number of ether oxygens (including phenoxy) is 2. The second-order valence-corrected chi connectivity index (χ2v) is 4.41.